The van der Waals surface area contributed by atoms with Crippen molar-refractivity contribution in [2.75, 3.05) is 0 Å². The van der Waals surface area contributed by atoms with E-state index in [0.717, 1.165) is 24.0 Å². The molecule has 1 aliphatic rings. The molecule has 0 saturated heterocycles. The van der Waals surface area contributed by atoms with E-state index >= 15 is 0 Å². The van der Waals surface area contributed by atoms with E-state index in [0.29, 0.717) is 6.10 Å². The number of ether oxygens (including phenoxy) is 1. The van der Waals surface area contributed by atoms with Crippen LogP contribution in [0.3, 0.4) is 0 Å². The smallest absolute Gasteiger partial charge is 0.120 e. The average Bonchev–Trinajstić information content (AvgIpc) is 2.55. The maximum Gasteiger partial charge on any atom is 0.120 e. The van der Waals surface area contributed by atoms with Crippen molar-refractivity contribution in [3.05, 3.63) is 42.0 Å². The van der Waals surface area contributed by atoms with Crippen LogP contribution in [0.25, 0.3) is 10.8 Å². The van der Waals surface area contributed by atoms with Gasteiger partial charge in [0, 0.05) is 0 Å². The minimum atomic E-state index is 0.405. The first-order valence-corrected chi connectivity index (χ1v) is 8.85. The predicted molar refractivity (Wildman–Crippen MR) is 94.5 cm³/mol. The molecule has 0 aliphatic heterocycles. The van der Waals surface area contributed by atoms with E-state index in [1.54, 1.807) is 0 Å². The molecule has 0 aromatic heterocycles. The fraction of sp³-hybridized carbons (Fsp3) is 0.524. The van der Waals surface area contributed by atoms with Gasteiger partial charge in [0.05, 0.1) is 6.10 Å². The molecular formula is C21H28O. The Morgan fingerprint density at radius 3 is 2.32 bits per heavy atom. The Balaban J connectivity index is 1.67. The van der Waals surface area contributed by atoms with Gasteiger partial charge in [-0.25, -0.2) is 0 Å². The lowest BCUT2D eigenvalue weighted by molar-refractivity contribution is 0.117. The van der Waals surface area contributed by atoms with Crippen LogP contribution in [0.2, 0.25) is 0 Å². The van der Waals surface area contributed by atoms with Crippen molar-refractivity contribution in [2.24, 2.45) is 11.8 Å². The van der Waals surface area contributed by atoms with Gasteiger partial charge in [-0.2, -0.15) is 0 Å². The van der Waals surface area contributed by atoms with Crippen LogP contribution in [-0.4, -0.2) is 6.10 Å². The first-order chi connectivity index (χ1) is 10.7. The van der Waals surface area contributed by atoms with Gasteiger partial charge in [0.1, 0.15) is 5.75 Å². The van der Waals surface area contributed by atoms with E-state index in [4.69, 9.17) is 4.74 Å². The van der Waals surface area contributed by atoms with Crippen molar-refractivity contribution >= 4 is 10.8 Å². The molecule has 3 rings (SSSR count). The molecule has 2 aromatic rings. The Kier molecular flexibility index (Phi) is 4.71. The molecule has 0 bridgehead atoms. The monoisotopic (exact) mass is 296 g/mol. The first kappa shape index (κ1) is 15.4. The molecule has 1 saturated carbocycles. The summed E-state index contributed by atoms with van der Waals surface area (Å²) in [6, 6.07) is 13.3. The van der Waals surface area contributed by atoms with Gasteiger partial charge in [0.15, 0.2) is 0 Å². The molecule has 118 valence electrons. The van der Waals surface area contributed by atoms with Gasteiger partial charge in [-0.05, 0) is 72.4 Å². The number of benzene rings is 2. The summed E-state index contributed by atoms with van der Waals surface area (Å²) in [5.41, 5.74) is 1.40. The Morgan fingerprint density at radius 1 is 0.955 bits per heavy atom. The van der Waals surface area contributed by atoms with Crippen molar-refractivity contribution in [3.8, 4) is 5.75 Å². The number of hydrogen-bond donors (Lipinski definition) is 0. The Morgan fingerprint density at radius 2 is 1.64 bits per heavy atom. The van der Waals surface area contributed by atoms with Crippen molar-refractivity contribution in [1.82, 2.24) is 0 Å². The molecular weight excluding hydrogens is 268 g/mol. The second-order valence-corrected chi connectivity index (χ2v) is 7.10. The minimum Gasteiger partial charge on any atom is -0.490 e. The number of aryl methyl sites for hydroxylation is 1. The van der Waals surface area contributed by atoms with E-state index < -0.39 is 0 Å². The van der Waals surface area contributed by atoms with Gasteiger partial charge in [-0.1, -0.05) is 45.0 Å². The molecule has 0 radical (unpaired) electrons. The van der Waals surface area contributed by atoms with E-state index in [2.05, 4.69) is 57.2 Å². The van der Waals surface area contributed by atoms with Crippen LogP contribution in [0, 0.1) is 11.8 Å². The van der Waals surface area contributed by atoms with Gasteiger partial charge in [0.25, 0.3) is 0 Å². The molecule has 2 aromatic carbocycles. The number of hydrogen-bond acceptors (Lipinski definition) is 1. The topological polar surface area (TPSA) is 9.23 Å². The zero-order valence-corrected chi connectivity index (χ0v) is 14.1. The highest BCUT2D eigenvalue weighted by Gasteiger charge is 2.24. The van der Waals surface area contributed by atoms with Crippen molar-refractivity contribution in [3.63, 3.8) is 0 Å². The molecule has 0 heterocycles. The number of rotatable bonds is 4. The van der Waals surface area contributed by atoms with Gasteiger partial charge in [0.2, 0.25) is 0 Å². The predicted octanol–water partition coefficient (Wildman–Crippen LogP) is 6.00. The molecule has 22 heavy (non-hydrogen) atoms. The zero-order valence-electron chi connectivity index (χ0n) is 14.1. The van der Waals surface area contributed by atoms with Crippen LogP contribution in [0.4, 0.5) is 0 Å². The molecule has 1 fully saturated rings. The highest BCUT2D eigenvalue weighted by atomic mass is 16.5. The third-order valence-corrected chi connectivity index (χ3v) is 5.25. The Hall–Kier alpha value is -1.50. The molecule has 1 nitrogen and oxygen atoms in total. The molecule has 0 N–H and O–H groups in total. The van der Waals surface area contributed by atoms with Gasteiger partial charge < -0.3 is 4.74 Å². The van der Waals surface area contributed by atoms with E-state index in [1.165, 1.54) is 42.0 Å². The summed E-state index contributed by atoms with van der Waals surface area (Å²) in [5.74, 6) is 2.74. The SMILES string of the molecule is CCc1ccc2cc(OC3CCC(C(C)C)CC3)ccc2c1. The summed E-state index contributed by atoms with van der Waals surface area (Å²) in [6.07, 6.45) is 6.53. The highest BCUT2D eigenvalue weighted by Crippen LogP contribution is 2.32. The summed E-state index contributed by atoms with van der Waals surface area (Å²) in [6.45, 7) is 6.89. The van der Waals surface area contributed by atoms with Crippen LogP contribution in [0.15, 0.2) is 36.4 Å². The van der Waals surface area contributed by atoms with Crippen molar-refractivity contribution < 1.29 is 4.74 Å². The Bertz CT molecular complexity index is 621. The quantitative estimate of drug-likeness (QED) is 0.672. The fourth-order valence-corrected chi connectivity index (χ4v) is 3.63. The lowest BCUT2D eigenvalue weighted by atomic mass is 9.80. The lowest BCUT2D eigenvalue weighted by Gasteiger charge is -2.31. The van der Waals surface area contributed by atoms with Gasteiger partial charge >= 0.3 is 0 Å². The fourth-order valence-electron chi connectivity index (χ4n) is 3.63. The van der Waals surface area contributed by atoms with Crippen LogP contribution >= 0.6 is 0 Å². The van der Waals surface area contributed by atoms with E-state index in [-0.39, 0.29) is 0 Å². The van der Waals surface area contributed by atoms with Gasteiger partial charge in [-0.15, -0.1) is 0 Å². The molecule has 0 atom stereocenters. The summed E-state index contributed by atoms with van der Waals surface area (Å²) in [4.78, 5) is 0. The molecule has 0 unspecified atom stereocenters. The van der Waals surface area contributed by atoms with E-state index in [9.17, 15) is 0 Å². The van der Waals surface area contributed by atoms with E-state index in [1.807, 2.05) is 0 Å². The molecule has 1 heteroatoms. The minimum absolute atomic E-state index is 0.405. The zero-order chi connectivity index (χ0) is 15.5. The summed E-state index contributed by atoms with van der Waals surface area (Å²) >= 11 is 0. The van der Waals surface area contributed by atoms with Gasteiger partial charge in [-0.3, -0.25) is 0 Å². The summed E-state index contributed by atoms with van der Waals surface area (Å²) in [5, 5.41) is 2.60. The first-order valence-electron chi connectivity index (χ1n) is 8.85. The third kappa shape index (κ3) is 3.45. The second kappa shape index (κ2) is 6.73. The highest BCUT2D eigenvalue weighted by molar-refractivity contribution is 5.84. The second-order valence-electron chi connectivity index (χ2n) is 7.10. The molecule has 1 aliphatic carbocycles. The average molecular weight is 296 g/mol. The maximum absolute atomic E-state index is 6.25. The van der Waals surface area contributed by atoms with Crippen LogP contribution < -0.4 is 4.74 Å². The normalized spacial score (nSPS) is 22.2. The third-order valence-electron chi connectivity index (χ3n) is 5.25. The Labute approximate surface area is 134 Å². The standard InChI is InChI=1S/C21H28O/c1-4-16-5-6-19-14-21(12-9-18(19)13-16)22-20-10-7-17(8-11-20)15(2)3/h5-6,9,12-15,17,20H,4,7-8,10-11H2,1-3H3. The maximum atomic E-state index is 6.25. The molecule has 0 amide bonds. The lowest BCUT2D eigenvalue weighted by Crippen LogP contribution is -2.26. The summed E-state index contributed by atoms with van der Waals surface area (Å²) < 4.78 is 6.25. The van der Waals surface area contributed by atoms with Crippen LogP contribution in [0.1, 0.15) is 52.0 Å². The number of fused-ring (bicyclic) bond motifs is 1. The summed E-state index contributed by atoms with van der Waals surface area (Å²) in [7, 11) is 0. The van der Waals surface area contributed by atoms with Crippen LogP contribution in [0.5, 0.6) is 5.75 Å². The van der Waals surface area contributed by atoms with Crippen molar-refractivity contribution in [2.45, 2.75) is 59.0 Å². The largest absolute Gasteiger partial charge is 0.490 e. The van der Waals surface area contributed by atoms with Crippen molar-refractivity contribution in [1.29, 1.82) is 0 Å². The van der Waals surface area contributed by atoms with Crippen LogP contribution in [-0.2, 0) is 6.42 Å². The molecule has 0 spiro atoms.